The molecule has 31 heavy (non-hydrogen) atoms. The maximum Gasteiger partial charge on any atom is 0.415 e. The lowest BCUT2D eigenvalue weighted by Crippen LogP contribution is -2.37. The van der Waals surface area contributed by atoms with E-state index in [4.69, 9.17) is 9.47 Å². The number of aromatic nitrogens is 2. The molecule has 1 aromatic carbocycles. The van der Waals surface area contributed by atoms with E-state index in [9.17, 15) is 4.79 Å². The summed E-state index contributed by atoms with van der Waals surface area (Å²) in [5, 5.41) is 3.27. The van der Waals surface area contributed by atoms with E-state index in [0.717, 1.165) is 24.2 Å². The van der Waals surface area contributed by atoms with Crippen molar-refractivity contribution in [2.24, 2.45) is 5.92 Å². The van der Waals surface area contributed by atoms with E-state index in [-0.39, 0.29) is 18.1 Å². The standard InChI is InChI=1S/C24H32N4O3/c1-17(2)21-16-30-24(29)28(21)22-12-13-25-23(27-22)26-15-18-8-7-11-20(14-18)31-19-9-5-3-4-6-10-19/h7-8,11-14,17,19,21H,3-6,9-10,15-16H2,1-2H3,(H,25,26,27). The van der Waals surface area contributed by atoms with E-state index in [1.807, 2.05) is 12.1 Å². The Morgan fingerprint density at radius 2 is 2.00 bits per heavy atom. The van der Waals surface area contributed by atoms with Gasteiger partial charge in [0.1, 0.15) is 18.2 Å². The third-order valence-corrected chi connectivity index (χ3v) is 6.02. The van der Waals surface area contributed by atoms with E-state index in [1.54, 1.807) is 17.2 Å². The maximum atomic E-state index is 12.2. The highest BCUT2D eigenvalue weighted by atomic mass is 16.6. The number of carbonyl (C=O) groups excluding carboxylic acids is 1. The number of ether oxygens (including phenoxy) is 2. The molecule has 1 aromatic heterocycles. The molecular weight excluding hydrogens is 392 g/mol. The van der Waals surface area contributed by atoms with Gasteiger partial charge in [0.25, 0.3) is 0 Å². The first-order chi connectivity index (χ1) is 15.1. The topological polar surface area (TPSA) is 76.6 Å². The van der Waals surface area contributed by atoms with Gasteiger partial charge in [-0.1, -0.05) is 38.8 Å². The summed E-state index contributed by atoms with van der Waals surface area (Å²) in [4.78, 5) is 22.7. The van der Waals surface area contributed by atoms with Gasteiger partial charge >= 0.3 is 6.09 Å². The summed E-state index contributed by atoms with van der Waals surface area (Å²) in [6, 6.07) is 9.91. The number of hydrogen-bond acceptors (Lipinski definition) is 6. The number of nitrogens with zero attached hydrogens (tertiary/aromatic N) is 3. The lowest BCUT2D eigenvalue weighted by Gasteiger charge is -2.23. The average Bonchev–Trinajstić information content (AvgIpc) is 2.98. The monoisotopic (exact) mass is 424 g/mol. The Balaban J connectivity index is 1.39. The second-order valence-corrected chi connectivity index (χ2v) is 8.73. The van der Waals surface area contributed by atoms with Crippen molar-refractivity contribution in [1.29, 1.82) is 0 Å². The van der Waals surface area contributed by atoms with Crippen LogP contribution in [0, 0.1) is 5.92 Å². The van der Waals surface area contributed by atoms with E-state index in [0.29, 0.717) is 31.0 Å². The minimum atomic E-state index is -0.355. The Bertz CT molecular complexity index is 881. The quantitative estimate of drug-likeness (QED) is 0.618. The molecule has 1 unspecified atom stereocenters. The van der Waals surface area contributed by atoms with Gasteiger partial charge in [0.2, 0.25) is 5.95 Å². The molecule has 1 amide bonds. The molecular formula is C24H32N4O3. The molecule has 0 bridgehead atoms. The highest BCUT2D eigenvalue weighted by Gasteiger charge is 2.37. The van der Waals surface area contributed by atoms with Crippen molar-refractivity contribution in [3.8, 4) is 5.75 Å². The van der Waals surface area contributed by atoms with Crippen LogP contribution in [-0.2, 0) is 11.3 Å². The van der Waals surface area contributed by atoms with Crippen LogP contribution < -0.4 is 15.0 Å². The van der Waals surface area contributed by atoms with Crippen LogP contribution in [0.2, 0.25) is 0 Å². The Morgan fingerprint density at radius 1 is 1.19 bits per heavy atom. The van der Waals surface area contributed by atoms with Gasteiger partial charge in [0, 0.05) is 12.7 Å². The zero-order chi connectivity index (χ0) is 21.6. The molecule has 166 valence electrons. The molecule has 2 fully saturated rings. The minimum absolute atomic E-state index is 0.0203. The first-order valence-electron chi connectivity index (χ1n) is 11.4. The summed E-state index contributed by atoms with van der Waals surface area (Å²) < 4.78 is 11.5. The predicted molar refractivity (Wildman–Crippen MR) is 120 cm³/mol. The van der Waals surface area contributed by atoms with Crippen molar-refractivity contribution in [3.63, 3.8) is 0 Å². The van der Waals surface area contributed by atoms with Crippen LogP contribution in [0.3, 0.4) is 0 Å². The van der Waals surface area contributed by atoms with Crippen molar-refractivity contribution in [1.82, 2.24) is 9.97 Å². The second-order valence-electron chi connectivity index (χ2n) is 8.73. The normalized spacial score (nSPS) is 19.9. The highest BCUT2D eigenvalue weighted by molar-refractivity contribution is 5.89. The first-order valence-corrected chi connectivity index (χ1v) is 11.4. The molecule has 1 atom stereocenters. The summed E-state index contributed by atoms with van der Waals surface area (Å²) in [6.07, 6.45) is 9.04. The lowest BCUT2D eigenvalue weighted by molar-refractivity contribution is 0.177. The summed E-state index contributed by atoms with van der Waals surface area (Å²) >= 11 is 0. The van der Waals surface area contributed by atoms with Crippen LogP contribution >= 0.6 is 0 Å². The van der Waals surface area contributed by atoms with Gasteiger partial charge < -0.3 is 14.8 Å². The SMILES string of the molecule is CC(C)C1COC(=O)N1c1ccnc(NCc2cccc(OC3CCCCCC3)c2)n1. The van der Waals surface area contributed by atoms with Crippen molar-refractivity contribution in [3.05, 3.63) is 42.1 Å². The Morgan fingerprint density at radius 3 is 2.77 bits per heavy atom. The largest absolute Gasteiger partial charge is 0.490 e. The van der Waals surface area contributed by atoms with Gasteiger partial charge in [-0.25, -0.2) is 9.78 Å². The van der Waals surface area contributed by atoms with Crippen LogP contribution in [0.4, 0.5) is 16.6 Å². The predicted octanol–water partition coefficient (Wildman–Crippen LogP) is 5.17. The zero-order valence-corrected chi connectivity index (χ0v) is 18.4. The molecule has 7 nitrogen and oxygen atoms in total. The number of rotatable bonds is 7. The molecule has 2 heterocycles. The number of benzene rings is 1. The number of anilines is 2. The zero-order valence-electron chi connectivity index (χ0n) is 18.4. The molecule has 0 spiro atoms. The molecule has 2 aromatic rings. The van der Waals surface area contributed by atoms with Gasteiger partial charge in [-0.3, -0.25) is 4.90 Å². The molecule has 7 heteroatoms. The molecule has 1 saturated carbocycles. The van der Waals surface area contributed by atoms with Crippen molar-refractivity contribution in [2.45, 2.75) is 71.1 Å². The average molecular weight is 425 g/mol. The molecule has 1 N–H and O–H groups in total. The van der Waals surface area contributed by atoms with Crippen LogP contribution in [0.25, 0.3) is 0 Å². The fraction of sp³-hybridized carbons (Fsp3) is 0.542. The van der Waals surface area contributed by atoms with Gasteiger partial charge in [0.05, 0.1) is 12.1 Å². The molecule has 1 saturated heterocycles. The third-order valence-electron chi connectivity index (χ3n) is 6.02. The molecule has 1 aliphatic carbocycles. The second kappa shape index (κ2) is 9.98. The summed E-state index contributed by atoms with van der Waals surface area (Å²) in [6.45, 7) is 5.11. The third kappa shape index (κ3) is 5.46. The van der Waals surface area contributed by atoms with Crippen molar-refractivity contribution < 1.29 is 14.3 Å². The number of hydrogen-bond donors (Lipinski definition) is 1. The molecule has 1 aliphatic heterocycles. The summed E-state index contributed by atoms with van der Waals surface area (Å²) in [5.74, 6) is 2.23. The summed E-state index contributed by atoms with van der Waals surface area (Å²) in [5.41, 5.74) is 1.10. The van der Waals surface area contributed by atoms with Crippen LogP contribution in [0.5, 0.6) is 5.75 Å². The molecule has 0 radical (unpaired) electrons. The van der Waals surface area contributed by atoms with E-state index in [1.165, 1.54) is 25.7 Å². The van der Waals surface area contributed by atoms with Crippen LogP contribution in [0.15, 0.2) is 36.5 Å². The van der Waals surface area contributed by atoms with Crippen molar-refractivity contribution >= 4 is 17.9 Å². The van der Waals surface area contributed by atoms with E-state index in [2.05, 4.69) is 41.3 Å². The number of amides is 1. The van der Waals surface area contributed by atoms with Crippen molar-refractivity contribution in [2.75, 3.05) is 16.8 Å². The highest BCUT2D eigenvalue weighted by Crippen LogP contribution is 2.26. The minimum Gasteiger partial charge on any atom is -0.490 e. The Kier molecular flexibility index (Phi) is 6.89. The van der Waals surface area contributed by atoms with Gasteiger partial charge in [-0.15, -0.1) is 0 Å². The molecule has 4 rings (SSSR count). The summed E-state index contributed by atoms with van der Waals surface area (Å²) in [7, 11) is 0. The van der Waals surface area contributed by atoms with E-state index >= 15 is 0 Å². The van der Waals surface area contributed by atoms with Crippen LogP contribution in [0.1, 0.15) is 57.9 Å². The Labute approximate surface area is 184 Å². The first kappa shape index (κ1) is 21.4. The van der Waals surface area contributed by atoms with Gasteiger partial charge in [-0.2, -0.15) is 4.98 Å². The maximum absolute atomic E-state index is 12.2. The van der Waals surface area contributed by atoms with Crippen LogP contribution in [-0.4, -0.2) is 34.8 Å². The fourth-order valence-electron chi connectivity index (χ4n) is 4.22. The van der Waals surface area contributed by atoms with E-state index < -0.39 is 0 Å². The van der Waals surface area contributed by atoms with Gasteiger partial charge in [0.15, 0.2) is 0 Å². The number of cyclic esters (lactones) is 1. The number of carbonyl (C=O) groups is 1. The molecule has 2 aliphatic rings. The number of nitrogens with one attached hydrogen (secondary N) is 1. The Hall–Kier alpha value is -2.83. The lowest BCUT2D eigenvalue weighted by atomic mass is 10.0. The smallest absolute Gasteiger partial charge is 0.415 e. The van der Waals surface area contributed by atoms with Gasteiger partial charge in [-0.05, 0) is 55.4 Å². The fourth-order valence-corrected chi connectivity index (χ4v) is 4.22.